The summed E-state index contributed by atoms with van der Waals surface area (Å²) in [6.45, 7) is 14.2. The first-order valence-corrected chi connectivity index (χ1v) is 27.1. The number of piperidine rings is 1. The number of amides is 1. The maximum Gasteiger partial charge on any atom is 0.329 e. The van der Waals surface area contributed by atoms with Gasteiger partial charge < -0.3 is 43.3 Å². The van der Waals surface area contributed by atoms with Crippen LogP contribution in [0.3, 0.4) is 0 Å². The zero-order valence-electron chi connectivity index (χ0n) is 50.5. The molecule has 4 aliphatic rings. The fourth-order valence-corrected chi connectivity index (χ4v) is 10.9. The van der Waals surface area contributed by atoms with Crippen LogP contribution in [0.4, 0.5) is 0 Å². The number of carbonyl (C=O) groups is 4. The van der Waals surface area contributed by atoms with Crippen molar-refractivity contribution in [1.82, 2.24) is 4.90 Å². The molecule has 3 aliphatic heterocycles. The van der Waals surface area contributed by atoms with Crippen LogP contribution in [-0.4, -0.2) is 134 Å². The second-order valence-corrected chi connectivity index (χ2v) is 23.0. The summed E-state index contributed by atoms with van der Waals surface area (Å²) in [6.07, 6.45) is 2.24. The number of hydrogen-bond acceptors (Lipinski definition) is 13. The molecule has 0 spiro atoms. The van der Waals surface area contributed by atoms with Gasteiger partial charge in [0, 0.05) is 72.7 Å². The van der Waals surface area contributed by atoms with E-state index in [1.54, 1.807) is 38.2 Å². The molecule has 14 nitrogen and oxygen atoms in total. The van der Waals surface area contributed by atoms with Crippen LogP contribution in [-0.2, 0) is 52.0 Å². The number of rotatable bonds is 8. The van der Waals surface area contributed by atoms with Crippen LogP contribution >= 0.6 is 7.37 Å². The van der Waals surface area contributed by atoms with E-state index >= 15 is 0 Å². The second kappa shape index (κ2) is 26.6. The largest absolute Gasteiger partial charge is 0.460 e. The van der Waals surface area contributed by atoms with Gasteiger partial charge in [-0.15, -0.1) is 0 Å². The molecule has 0 aromatic heterocycles. The molecule has 69 heavy (non-hydrogen) atoms. The van der Waals surface area contributed by atoms with Crippen molar-refractivity contribution in [2.75, 3.05) is 41.1 Å². The number of methoxy groups -OCH3 is 3. The predicted octanol–water partition coefficient (Wildman–Crippen LogP) is 8.73. The van der Waals surface area contributed by atoms with Gasteiger partial charge in [0.1, 0.15) is 30.1 Å². The molecule has 1 saturated carbocycles. The van der Waals surface area contributed by atoms with E-state index in [1.807, 2.05) is 19.9 Å². The highest BCUT2D eigenvalue weighted by atomic mass is 31.2. The van der Waals surface area contributed by atoms with Crippen molar-refractivity contribution in [3.63, 3.8) is 0 Å². The van der Waals surface area contributed by atoms with Crippen LogP contribution in [0.1, 0.15) is 136 Å². The molecule has 2 saturated heterocycles. The maximum atomic E-state index is 14.7. The molecule has 0 aromatic rings. The van der Waals surface area contributed by atoms with E-state index in [-0.39, 0.29) is 42.7 Å². The topological polar surface area (TPSA) is 184 Å². The van der Waals surface area contributed by atoms with E-state index in [2.05, 4.69) is 6.58 Å². The highest BCUT2D eigenvalue weighted by Crippen LogP contribution is 2.45. The number of aliphatic hydroxyl groups is 2. The van der Waals surface area contributed by atoms with Crippen LogP contribution in [0, 0.1) is 35.5 Å². The van der Waals surface area contributed by atoms with Gasteiger partial charge in [-0.1, -0.05) is 77.6 Å². The van der Waals surface area contributed by atoms with Gasteiger partial charge in [-0.05, 0) is 118 Å². The molecule has 1 aliphatic carbocycles. The smallest absolute Gasteiger partial charge is 0.329 e. The van der Waals surface area contributed by atoms with E-state index in [1.165, 1.54) is 47.5 Å². The van der Waals surface area contributed by atoms with Crippen LogP contribution in [0.2, 0.25) is 0 Å². The molecule has 0 unspecified atom stereocenters. The number of Topliss-reactive ketones (excluding diaryl/α,β-unsaturated/α-hetero) is 2. The van der Waals surface area contributed by atoms with Crippen molar-refractivity contribution < 1.29 is 73.1 Å². The van der Waals surface area contributed by atoms with Crippen LogP contribution in [0.25, 0.3) is 0 Å². The molecule has 4 rings (SSSR count). The standard InChI is InChI=1S/C54H86NO13P/c1-33-19-15-14-16-20-34(2)46(63-9)31-42-24-22-39(7)54(61,67-42)51(58)52(59)55-26-18-17-21-43(55)53(60)66-47(37(5)29-41-23-25-45(48(30-41)64-10)68-69(12,13)62)32-44(56)36(4)28-38(6)49(57)50(65-11)40(8)35(3)27-33/h14-16,19-20,28,33,35-37,39,41-43,45-50,57,61H,8,17-18,21-27,29-32H2,1-7,9-13H3/b16-14+,19-15+,34-20+,38-28+/t33-,35-,36-,37-,39-,41+,42+,43+,45-,46+,47+,48-,49-,50+,54-/m1/s1/i4D3,9D3,22D2. The van der Waals surface area contributed by atoms with Crippen molar-refractivity contribution in [2.45, 2.75) is 180 Å². The lowest BCUT2D eigenvalue weighted by Gasteiger charge is -2.42. The van der Waals surface area contributed by atoms with Gasteiger partial charge in [0.2, 0.25) is 5.79 Å². The van der Waals surface area contributed by atoms with Crippen molar-refractivity contribution in [1.29, 1.82) is 0 Å². The first kappa shape index (κ1) is 47.0. The molecule has 2 N–H and O–H groups in total. The minimum atomic E-state index is -3.09. The van der Waals surface area contributed by atoms with E-state index in [4.69, 9.17) is 39.2 Å². The summed E-state index contributed by atoms with van der Waals surface area (Å²) in [6, 6.07) is -1.44. The third-order valence-corrected chi connectivity index (χ3v) is 15.1. The molecule has 0 radical (unpaired) electrons. The zero-order chi connectivity index (χ0) is 58.2. The average Bonchev–Trinajstić information content (AvgIpc) is 3.32. The quantitative estimate of drug-likeness (QED) is 0.102. The van der Waals surface area contributed by atoms with Gasteiger partial charge >= 0.3 is 5.97 Å². The van der Waals surface area contributed by atoms with E-state index in [0.717, 1.165) is 4.90 Å². The summed E-state index contributed by atoms with van der Waals surface area (Å²) in [5, 5.41) is 23.9. The summed E-state index contributed by atoms with van der Waals surface area (Å²) in [5.74, 6) is -12.2. The SMILES string of the molecule is [2H]C([2H])([2H])O[C@H]1C[C@@H]2CC([2H])([2H])[C@@H](C)[C@@](O)(O2)C(=O)C(=O)N2CCCC[C@H]2C(=O)O[C@H]([C@H](C)C[C@@H]2CC[C@@H](OP(C)(C)=O)[C@H](OC)C2)CC(=O)[C@H](C([2H])([2H])[2H])/C=C(\C)[C@@H](O)[C@@H](OC)C(=C)[C@H](C)C[C@H](C)/C=C/C=C/C=C/1C. The number of fused-ring (bicyclic) bond motifs is 3. The maximum absolute atomic E-state index is 14.7. The molecule has 1 amide bonds. The van der Waals surface area contributed by atoms with Crippen molar-refractivity contribution in [3.05, 3.63) is 59.8 Å². The number of allylic oxidation sites excluding steroid dienone is 6. The summed E-state index contributed by atoms with van der Waals surface area (Å²) >= 11 is 0. The first-order valence-electron chi connectivity index (χ1n) is 28.6. The summed E-state index contributed by atoms with van der Waals surface area (Å²) < 4.78 is 115. The zero-order valence-corrected chi connectivity index (χ0v) is 43.4. The Labute approximate surface area is 424 Å². The Morgan fingerprint density at radius 3 is 2.38 bits per heavy atom. The van der Waals surface area contributed by atoms with Gasteiger partial charge in [0.25, 0.3) is 11.7 Å². The van der Waals surface area contributed by atoms with Crippen molar-refractivity contribution in [2.24, 2.45) is 35.5 Å². The van der Waals surface area contributed by atoms with Gasteiger partial charge in [-0.3, -0.25) is 18.9 Å². The Kier molecular flexibility index (Phi) is 18.1. The number of ether oxygens (including phenoxy) is 5. The first-order chi connectivity index (χ1) is 35.5. The number of carbonyl (C=O) groups excluding carboxylic acids is 4. The van der Waals surface area contributed by atoms with Crippen LogP contribution in [0.15, 0.2) is 59.8 Å². The third kappa shape index (κ3) is 16.2. The molecular formula is C54H86NO13P. The normalized spacial score (nSPS) is 41.8. The highest BCUT2D eigenvalue weighted by molar-refractivity contribution is 7.57. The van der Waals surface area contributed by atoms with E-state index in [9.17, 15) is 34.0 Å². The molecule has 3 fully saturated rings. The number of esters is 1. The van der Waals surface area contributed by atoms with Crippen LogP contribution in [0.5, 0.6) is 0 Å². The predicted molar refractivity (Wildman–Crippen MR) is 268 cm³/mol. The number of hydrogen-bond donors (Lipinski definition) is 2. The molecule has 3 heterocycles. The number of nitrogens with zero attached hydrogens (tertiary/aromatic N) is 1. The molecule has 2 bridgehead atoms. The summed E-state index contributed by atoms with van der Waals surface area (Å²) in [4.78, 5) is 59.3. The van der Waals surface area contributed by atoms with Crippen LogP contribution < -0.4 is 0 Å². The second-order valence-electron chi connectivity index (χ2n) is 20.3. The number of cyclic esters (lactones) is 1. The highest BCUT2D eigenvalue weighted by Gasteiger charge is 2.53. The molecule has 0 aromatic carbocycles. The Morgan fingerprint density at radius 2 is 1.71 bits per heavy atom. The lowest BCUT2D eigenvalue weighted by atomic mass is 9.78. The summed E-state index contributed by atoms with van der Waals surface area (Å²) in [5.41, 5.74) is 1.05. The lowest BCUT2D eigenvalue weighted by molar-refractivity contribution is -0.265. The average molecular weight is 996 g/mol. The van der Waals surface area contributed by atoms with Gasteiger partial charge in [-0.2, -0.15) is 0 Å². The monoisotopic (exact) mass is 996 g/mol. The Bertz CT molecular complexity index is 2250. The lowest BCUT2D eigenvalue weighted by Crippen LogP contribution is -2.61. The van der Waals surface area contributed by atoms with Gasteiger partial charge in [-0.25, -0.2) is 4.79 Å². The van der Waals surface area contributed by atoms with Crippen molar-refractivity contribution in [3.8, 4) is 0 Å². The molecule has 390 valence electrons. The van der Waals surface area contributed by atoms with Gasteiger partial charge in [0.15, 0.2) is 7.37 Å². The minimum Gasteiger partial charge on any atom is -0.460 e. The Morgan fingerprint density at radius 1 is 0.971 bits per heavy atom. The fourth-order valence-electron chi connectivity index (χ4n) is 10.1. The van der Waals surface area contributed by atoms with Gasteiger partial charge in [0.05, 0.1) is 28.5 Å². The molecule has 15 atom stereocenters. The van der Waals surface area contributed by atoms with Crippen molar-refractivity contribution >= 4 is 30.8 Å². The summed E-state index contributed by atoms with van der Waals surface area (Å²) in [7, 11) is -2.89. The van der Waals surface area contributed by atoms with E-state index in [0.29, 0.717) is 56.1 Å². The Balaban J connectivity index is 1.83. The molecular weight excluding hydrogens is 902 g/mol. The third-order valence-electron chi connectivity index (χ3n) is 14.3. The molecule has 15 heteroatoms. The Hall–Kier alpha value is -3.07. The fraction of sp³-hybridized carbons (Fsp3) is 0.741. The minimum absolute atomic E-state index is 0.00533. The van der Waals surface area contributed by atoms with E-state index < -0.39 is 136 Å². The number of aliphatic hydroxyl groups excluding tert-OH is 1. The number of ketones is 2.